The smallest absolute Gasteiger partial charge is 0.182 e. The first-order chi connectivity index (χ1) is 9.16. The molecule has 0 amide bonds. The van der Waals surface area contributed by atoms with Crippen molar-refractivity contribution in [3.63, 3.8) is 0 Å². The molecular weight excluding hydrogens is 329 g/mol. The lowest BCUT2D eigenvalue weighted by molar-refractivity contribution is 0.0509. The van der Waals surface area contributed by atoms with Gasteiger partial charge in [0, 0.05) is 37.6 Å². The fraction of sp³-hybridized carbons (Fsp3) is 1.00. The van der Waals surface area contributed by atoms with Crippen LogP contribution in [-0.4, -0.2) is 54.3 Å². The third-order valence-electron chi connectivity index (χ3n) is 2.73. The third kappa shape index (κ3) is 7.62. The van der Waals surface area contributed by atoms with E-state index in [1.54, 1.807) is 0 Å². The minimum atomic E-state index is -2.15. The van der Waals surface area contributed by atoms with E-state index in [0.29, 0.717) is 0 Å². The van der Waals surface area contributed by atoms with E-state index >= 15 is 0 Å². The number of alkyl halides is 3. The Hall–Kier alpha value is 0.680. The second-order valence-electron chi connectivity index (χ2n) is 4.67. The third-order valence-corrected chi connectivity index (χ3v) is 3.98. The van der Waals surface area contributed by atoms with Crippen molar-refractivity contribution in [2.24, 2.45) is 11.5 Å². The molecule has 0 spiro atoms. The number of hydrogen-bond donors (Lipinski definition) is 7. The molecule has 0 rings (SSSR count). The summed E-state index contributed by atoms with van der Waals surface area (Å²) in [5.41, 5.74) is 10.5. The molecule has 0 aliphatic rings. The summed E-state index contributed by atoms with van der Waals surface area (Å²) in [6, 6.07) is 0. The Labute approximate surface area is 134 Å². The zero-order chi connectivity index (χ0) is 15.9. The lowest BCUT2D eigenvalue weighted by atomic mass is 10.1. The van der Waals surface area contributed by atoms with Crippen LogP contribution in [0.4, 0.5) is 13.2 Å². The summed E-state index contributed by atoms with van der Waals surface area (Å²) in [5, 5.41) is 4.70. The van der Waals surface area contributed by atoms with E-state index in [4.69, 9.17) is 11.5 Å². The van der Waals surface area contributed by atoms with E-state index in [1.165, 1.54) is 0 Å². The van der Waals surface area contributed by atoms with Gasteiger partial charge in [0.2, 0.25) is 0 Å². The zero-order valence-corrected chi connectivity index (χ0v) is 13.8. The van der Waals surface area contributed by atoms with E-state index in [2.05, 4.69) is 48.5 Å². The van der Waals surface area contributed by atoms with Crippen LogP contribution >= 0.6 is 37.9 Å². The Bertz CT molecular complexity index is 282. The van der Waals surface area contributed by atoms with Gasteiger partial charge in [-0.15, -0.1) is 0 Å². The molecule has 0 aliphatic carbocycles. The molecule has 10 heteroatoms. The van der Waals surface area contributed by atoms with E-state index in [9.17, 15) is 13.2 Å². The Kier molecular flexibility index (Phi) is 9.27. The number of nitrogens with one attached hydrogen (secondary N) is 2. The van der Waals surface area contributed by atoms with E-state index in [0.717, 1.165) is 0 Å². The molecular formula is C10H23F3N4S3. The van der Waals surface area contributed by atoms with E-state index < -0.39 is 30.5 Å². The highest BCUT2D eigenvalue weighted by Gasteiger charge is 2.36. The first kappa shape index (κ1) is 20.7. The number of halogens is 3. The van der Waals surface area contributed by atoms with Gasteiger partial charge >= 0.3 is 0 Å². The predicted molar refractivity (Wildman–Crippen MR) is 86.9 cm³/mol. The molecule has 0 aromatic heterocycles. The van der Waals surface area contributed by atoms with E-state index in [-0.39, 0.29) is 30.2 Å². The molecule has 122 valence electrons. The summed E-state index contributed by atoms with van der Waals surface area (Å²) in [6.45, 7) is -1.22. The van der Waals surface area contributed by atoms with Gasteiger partial charge in [0.15, 0.2) is 17.4 Å². The number of nitrogens with two attached hydrogens (primary N) is 2. The van der Waals surface area contributed by atoms with Gasteiger partial charge in [0.05, 0.1) is 0 Å². The second-order valence-corrected chi connectivity index (χ2v) is 5.75. The van der Waals surface area contributed by atoms with Crippen molar-refractivity contribution >= 4 is 37.9 Å². The summed E-state index contributed by atoms with van der Waals surface area (Å²) in [5.74, 6) is -6.48. The van der Waals surface area contributed by atoms with Gasteiger partial charge < -0.3 is 5.73 Å². The molecule has 3 atom stereocenters. The van der Waals surface area contributed by atoms with Crippen LogP contribution in [0.2, 0.25) is 0 Å². The van der Waals surface area contributed by atoms with Gasteiger partial charge in [-0.25, -0.2) is 13.2 Å². The molecule has 0 saturated heterocycles. The summed E-state index contributed by atoms with van der Waals surface area (Å²) in [7, 11) is 0. The number of hydrogen-bond acceptors (Lipinski definition) is 7. The Balaban J connectivity index is 4.60. The average Bonchev–Trinajstić information content (AvgIpc) is 2.43. The van der Waals surface area contributed by atoms with Crippen molar-refractivity contribution in [1.29, 1.82) is 0 Å². The second kappa shape index (κ2) is 8.96. The lowest BCUT2D eigenvalue weighted by Crippen LogP contribution is -2.60. The molecule has 0 bridgehead atoms. The minimum Gasteiger partial charge on any atom is -0.326 e. The van der Waals surface area contributed by atoms with Gasteiger partial charge in [-0.2, -0.15) is 37.9 Å². The standard InChI is InChI=1S/C10H23F3N4S3/c11-8(15,6-19)4-16-9(12,1-2-18)5-17-10(13,3-14)7-20/h16-20H,1-7,14-15H2/t8-,9+,10-/m0/s1. The van der Waals surface area contributed by atoms with Crippen molar-refractivity contribution in [2.45, 2.75) is 23.8 Å². The van der Waals surface area contributed by atoms with Gasteiger partial charge in [-0.05, 0) is 5.75 Å². The van der Waals surface area contributed by atoms with Crippen LogP contribution in [-0.2, 0) is 0 Å². The van der Waals surface area contributed by atoms with Gasteiger partial charge in [-0.1, -0.05) is 0 Å². The fourth-order valence-corrected chi connectivity index (χ4v) is 1.98. The SMILES string of the molecule is NC[C@@](F)(CS)NC[C@@](F)(CCS)NC[C@@](N)(F)CS. The molecule has 0 unspecified atom stereocenters. The summed E-state index contributed by atoms with van der Waals surface area (Å²) >= 11 is 11.5. The topological polar surface area (TPSA) is 76.1 Å². The fourth-order valence-electron chi connectivity index (χ4n) is 1.27. The highest BCUT2D eigenvalue weighted by Crippen LogP contribution is 2.17. The minimum absolute atomic E-state index is 0.0566. The van der Waals surface area contributed by atoms with Crippen molar-refractivity contribution in [2.75, 3.05) is 36.9 Å². The molecule has 0 aliphatic heterocycles. The first-order valence-corrected chi connectivity index (χ1v) is 7.94. The van der Waals surface area contributed by atoms with Crippen molar-refractivity contribution in [1.82, 2.24) is 10.6 Å². The quantitative estimate of drug-likeness (QED) is 0.215. The largest absolute Gasteiger partial charge is 0.326 e. The molecule has 0 heterocycles. The Morgan fingerprint density at radius 1 is 0.900 bits per heavy atom. The van der Waals surface area contributed by atoms with Crippen LogP contribution < -0.4 is 22.1 Å². The first-order valence-electron chi connectivity index (χ1n) is 6.04. The zero-order valence-electron chi connectivity index (χ0n) is 11.1. The van der Waals surface area contributed by atoms with Gasteiger partial charge in [0.25, 0.3) is 0 Å². The maximum Gasteiger partial charge on any atom is 0.182 e. The lowest BCUT2D eigenvalue weighted by Gasteiger charge is -2.33. The molecule has 6 N–H and O–H groups in total. The normalized spacial score (nSPS) is 21.0. The molecule has 4 nitrogen and oxygen atoms in total. The predicted octanol–water partition coefficient (Wildman–Crippen LogP) is 0.260. The Morgan fingerprint density at radius 3 is 1.85 bits per heavy atom. The number of rotatable bonds is 11. The van der Waals surface area contributed by atoms with Gasteiger partial charge in [-0.3, -0.25) is 16.4 Å². The Morgan fingerprint density at radius 2 is 1.45 bits per heavy atom. The highest BCUT2D eigenvalue weighted by atomic mass is 32.1. The number of thiol groups is 3. The monoisotopic (exact) mass is 352 g/mol. The van der Waals surface area contributed by atoms with Crippen LogP contribution in [0.3, 0.4) is 0 Å². The summed E-state index contributed by atoms with van der Waals surface area (Å²) < 4.78 is 42.0. The van der Waals surface area contributed by atoms with Crippen molar-refractivity contribution < 1.29 is 13.2 Å². The maximum absolute atomic E-state index is 14.6. The van der Waals surface area contributed by atoms with Crippen LogP contribution in [0, 0.1) is 0 Å². The molecule has 0 aromatic rings. The summed E-state index contributed by atoms with van der Waals surface area (Å²) in [6.07, 6.45) is -0.0566. The van der Waals surface area contributed by atoms with Crippen LogP contribution in [0.1, 0.15) is 6.42 Å². The van der Waals surface area contributed by atoms with Crippen molar-refractivity contribution in [3.8, 4) is 0 Å². The van der Waals surface area contributed by atoms with Crippen LogP contribution in [0.5, 0.6) is 0 Å². The molecule has 0 saturated carbocycles. The highest BCUT2D eigenvalue weighted by molar-refractivity contribution is 7.80. The summed E-state index contributed by atoms with van der Waals surface area (Å²) in [4.78, 5) is 0. The molecule has 0 fully saturated rings. The van der Waals surface area contributed by atoms with Crippen molar-refractivity contribution in [3.05, 3.63) is 0 Å². The molecule has 0 aromatic carbocycles. The molecule has 0 radical (unpaired) electrons. The average molecular weight is 353 g/mol. The molecule has 20 heavy (non-hydrogen) atoms. The van der Waals surface area contributed by atoms with Crippen LogP contribution in [0.25, 0.3) is 0 Å². The maximum atomic E-state index is 14.6. The van der Waals surface area contributed by atoms with E-state index in [1.807, 2.05) is 0 Å². The van der Waals surface area contributed by atoms with Crippen LogP contribution in [0.15, 0.2) is 0 Å². The van der Waals surface area contributed by atoms with Gasteiger partial charge in [0.1, 0.15) is 0 Å².